The fraction of sp³-hybridized carbons (Fsp3) is 0.0870. The molecule has 0 spiro atoms. The van der Waals surface area contributed by atoms with E-state index in [9.17, 15) is 9.18 Å². The minimum Gasteiger partial charge on any atom is -0.376 e. The first-order valence-electron chi connectivity index (χ1n) is 9.42. The molecule has 0 saturated carbocycles. The van der Waals surface area contributed by atoms with E-state index >= 15 is 0 Å². The topological polar surface area (TPSA) is 70.7 Å². The Hall–Kier alpha value is -4.00. The van der Waals surface area contributed by atoms with Gasteiger partial charge in [0.25, 0.3) is 5.91 Å². The number of benzene rings is 2. The Balaban J connectivity index is 1.58. The Kier molecular flexibility index (Phi) is 4.10. The van der Waals surface area contributed by atoms with Gasteiger partial charge in [-0.3, -0.25) is 10.2 Å². The highest BCUT2D eigenvalue weighted by Crippen LogP contribution is 2.28. The second kappa shape index (κ2) is 6.81. The molecular weight excluding hydrogens is 383 g/mol. The van der Waals surface area contributed by atoms with Crippen molar-refractivity contribution in [1.82, 2.24) is 9.63 Å². The SMILES string of the molecule is CC1=CC2=NC(=O)/C(=C\c3cn(Cc4ccccc4F)c4ccccc34)C(=N)N2O1. The monoisotopic (exact) mass is 400 g/mol. The molecule has 1 aromatic heterocycles. The van der Waals surface area contributed by atoms with Gasteiger partial charge in [0.15, 0.2) is 11.7 Å². The highest BCUT2D eigenvalue weighted by molar-refractivity contribution is 6.32. The standard InChI is InChI=1S/C23H17FN4O2/c1-14-10-21-26-23(29)18(22(25)28(21)30-14)11-16-13-27(20-9-5-3-7-17(16)20)12-15-6-2-4-8-19(15)24/h2-11,13,25H,12H2,1H3/b18-11-,25-22?. The summed E-state index contributed by atoms with van der Waals surface area (Å²) in [7, 11) is 0. The summed E-state index contributed by atoms with van der Waals surface area (Å²) in [6.45, 7) is 2.08. The maximum Gasteiger partial charge on any atom is 0.282 e. The lowest BCUT2D eigenvalue weighted by Gasteiger charge is -2.22. The number of nitrogens with zero attached hydrogens (tertiary/aromatic N) is 3. The molecule has 0 unspecified atom stereocenters. The van der Waals surface area contributed by atoms with Crippen molar-refractivity contribution in [3.05, 3.63) is 89.1 Å². The van der Waals surface area contributed by atoms with Crippen LogP contribution >= 0.6 is 0 Å². The number of hydrogen-bond acceptors (Lipinski definition) is 3. The van der Waals surface area contributed by atoms with Crippen molar-refractivity contribution in [2.45, 2.75) is 13.5 Å². The zero-order valence-electron chi connectivity index (χ0n) is 16.1. The smallest absolute Gasteiger partial charge is 0.282 e. The molecule has 5 rings (SSSR count). The third-order valence-electron chi connectivity index (χ3n) is 5.10. The third kappa shape index (κ3) is 2.91. The fourth-order valence-corrected chi connectivity index (χ4v) is 3.69. The lowest BCUT2D eigenvalue weighted by atomic mass is 10.1. The summed E-state index contributed by atoms with van der Waals surface area (Å²) in [4.78, 5) is 22.1. The Bertz CT molecular complexity index is 1320. The van der Waals surface area contributed by atoms with Crippen LogP contribution in [-0.4, -0.2) is 27.2 Å². The first-order valence-corrected chi connectivity index (χ1v) is 9.42. The number of halogens is 1. The van der Waals surface area contributed by atoms with Crippen LogP contribution in [0.4, 0.5) is 4.39 Å². The van der Waals surface area contributed by atoms with Gasteiger partial charge in [0, 0.05) is 34.3 Å². The van der Waals surface area contributed by atoms with Crippen molar-refractivity contribution >= 4 is 34.6 Å². The largest absolute Gasteiger partial charge is 0.376 e. The van der Waals surface area contributed by atoms with Crippen LogP contribution in [0.15, 0.2) is 77.1 Å². The number of amidine groups is 2. The van der Waals surface area contributed by atoms with Gasteiger partial charge in [0.2, 0.25) is 0 Å². The number of hydrogen-bond donors (Lipinski definition) is 1. The van der Waals surface area contributed by atoms with Crippen LogP contribution in [0.2, 0.25) is 0 Å². The number of carbonyl (C=O) groups excluding carboxylic acids is 1. The predicted octanol–water partition coefficient (Wildman–Crippen LogP) is 4.28. The van der Waals surface area contributed by atoms with E-state index in [1.165, 1.54) is 11.1 Å². The van der Waals surface area contributed by atoms with Crippen LogP contribution in [0.5, 0.6) is 0 Å². The van der Waals surface area contributed by atoms with Gasteiger partial charge in [0.05, 0.1) is 12.1 Å². The van der Waals surface area contributed by atoms with Crippen molar-refractivity contribution in [2.24, 2.45) is 4.99 Å². The molecule has 0 bridgehead atoms. The van der Waals surface area contributed by atoms with Crippen molar-refractivity contribution < 1.29 is 14.0 Å². The maximum absolute atomic E-state index is 14.2. The van der Waals surface area contributed by atoms with E-state index in [-0.39, 0.29) is 17.2 Å². The van der Waals surface area contributed by atoms with Gasteiger partial charge in [0.1, 0.15) is 11.6 Å². The molecule has 0 radical (unpaired) electrons. The molecule has 0 saturated heterocycles. The zero-order valence-corrected chi connectivity index (χ0v) is 16.1. The Morgan fingerprint density at radius 2 is 1.93 bits per heavy atom. The molecule has 1 N–H and O–H groups in total. The Labute approximate surface area is 171 Å². The summed E-state index contributed by atoms with van der Waals surface area (Å²) in [5.74, 6) is 0.0433. The van der Waals surface area contributed by atoms with Crippen LogP contribution in [0.25, 0.3) is 17.0 Å². The quantitative estimate of drug-likeness (QED) is 0.667. The highest BCUT2D eigenvalue weighted by Gasteiger charge is 2.34. The molecule has 0 fully saturated rings. The lowest BCUT2D eigenvalue weighted by molar-refractivity contribution is -0.114. The Morgan fingerprint density at radius 1 is 1.17 bits per heavy atom. The molecule has 148 valence electrons. The third-order valence-corrected chi connectivity index (χ3v) is 5.10. The number of aromatic nitrogens is 1. The summed E-state index contributed by atoms with van der Waals surface area (Å²) >= 11 is 0. The maximum atomic E-state index is 14.2. The van der Waals surface area contributed by atoms with Gasteiger partial charge in [-0.2, -0.15) is 4.99 Å². The molecule has 2 aliphatic heterocycles. The average molecular weight is 400 g/mol. The molecule has 3 aromatic rings. The fourth-order valence-electron chi connectivity index (χ4n) is 3.69. The van der Waals surface area contributed by atoms with Crippen molar-refractivity contribution in [2.75, 3.05) is 0 Å². The number of para-hydroxylation sites is 1. The van der Waals surface area contributed by atoms with Crippen LogP contribution in [0, 0.1) is 11.2 Å². The molecular formula is C23H17FN4O2. The van der Waals surface area contributed by atoms with E-state index in [1.807, 2.05) is 35.0 Å². The zero-order chi connectivity index (χ0) is 20.8. The van der Waals surface area contributed by atoms with E-state index in [1.54, 1.807) is 37.3 Å². The number of carbonyl (C=O) groups is 1. The van der Waals surface area contributed by atoms with Crippen molar-refractivity contribution in [3.8, 4) is 0 Å². The molecule has 2 aliphatic rings. The van der Waals surface area contributed by atoms with E-state index in [0.29, 0.717) is 23.7 Å². The molecule has 2 aromatic carbocycles. The molecule has 0 aliphatic carbocycles. The van der Waals surface area contributed by atoms with E-state index in [0.717, 1.165) is 16.5 Å². The normalized spacial score (nSPS) is 17.3. The second-order valence-electron chi connectivity index (χ2n) is 7.14. The summed E-state index contributed by atoms with van der Waals surface area (Å²) in [5.41, 5.74) is 2.36. The number of amides is 1. The lowest BCUT2D eigenvalue weighted by Crippen LogP contribution is -2.38. The van der Waals surface area contributed by atoms with Gasteiger partial charge in [-0.1, -0.05) is 36.4 Å². The van der Waals surface area contributed by atoms with E-state index in [2.05, 4.69) is 4.99 Å². The minimum absolute atomic E-state index is 0.0657. The minimum atomic E-state index is -0.494. The summed E-state index contributed by atoms with van der Waals surface area (Å²) in [6, 6.07) is 14.3. The molecule has 0 atom stereocenters. The van der Waals surface area contributed by atoms with Gasteiger partial charge in [-0.25, -0.2) is 4.39 Å². The summed E-state index contributed by atoms with van der Waals surface area (Å²) in [6.07, 6.45) is 5.11. The van der Waals surface area contributed by atoms with Gasteiger partial charge in [-0.15, -0.1) is 5.06 Å². The second-order valence-corrected chi connectivity index (χ2v) is 7.14. The van der Waals surface area contributed by atoms with Gasteiger partial charge >= 0.3 is 0 Å². The number of allylic oxidation sites excluding steroid dienone is 1. The van der Waals surface area contributed by atoms with Gasteiger partial charge < -0.3 is 9.40 Å². The first-order chi connectivity index (χ1) is 14.5. The van der Waals surface area contributed by atoms with E-state index < -0.39 is 5.91 Å². The molecule has 3 heterocycles. The predicted molar refractivity (Wildman–Crippen MR) is 112 cm³/mol. The number of nitrogens with one attached hydrogen (secondary N) is 1. The van der Waals surface area contributed by atoms with Crippen LogP contribution in [0.1, 0.15) is 18.1 Å². The van der Waals surface area contributed by atoms with Crippen molar-refractivity contribution in [1.29, 1.82) is 5.41 Å². The van der Waals surface area contributed by atoms with Crippen LogP contribution < -0.4 is 0 Å². The number of aliphatic imine (C=N–C) groups is 1. The van der Waals surface area contributed by atoms with Gasteiger partial charge in [-0.05, 0) is 25.1 Å². The van der Waals surface area contributed by atoms with Crippen LogP contribution in [-0.2, 0) is 16.2 Å². The number of hydroxylamine groups is 2. The first kappa shape index (κ1) is 18.1. The Morgan fingerprint density at radius 3 is 2.77 bits per heavy atom. The molecule has 30 heavy (non-hydrogen) atoms. The summed E-state index contributed by atoms with van der Waals surface area (Å²) in [5, 5.41) is 10.5. The molecule has 1 amide bonds. The highest BCUT2D eigenvalue weighted by atomic mass is 19.1. The summed E-state index contributed by atoms with van der Waals surface area (Å²) < 4.78 is 16.1. The van der Waals surface area contributed by atoms with Crippen LogP contribution in [0.3, 0.4) is 0 Å². The van der Waals surface area contributed by atoms with E-state index in [4.69, 9.17) is 10.2 Å². The molecule has 7 heteroatoms. The van der Waals surface area contributed by atoms with Crippen molar-refractivity contribution in [3.63, 3.8) is 0 Å². The molecule has 6 nitrogen and oxygen atoms in total. The number of rotatable bonds is 3. The number of fused-ring (bicyclic) bond motifs is 2. The average Bonchev–Trinajstić information content (AvgIpc) is 3.27.